The number of sulfone groups is 1. The lowest BCUT2D eigenvalue weighted by Gasteiger charge is -2.09. The van der Waals surface area contributed by atoms with Gasteiger partial charge in [-0.15, -0.1) is 6.58 Å². The number of rotatable bonds is 5. The van der Waals surface area contributed by atoms with E-state index >= 15 is 0 Å². The Balaban J connectivity index is 2.96. The minimum atomic E-state index is -3.07. The normalized spacial score (nSPS) is 13.4. The quantitative estimate of drug-likeness (QED) is 0.738. The van der Waals surface area contributed by atoms with Gasteiger partial charge in [-0.3, -0.25) is 0 Å². The first-order valence-corrected chi connectivity index (χ1v) is 7.10. The van der Waals surface area contributed by atoms with E-state index in [1.807, 2.05) is 18.2 Å². The fourth-order valence-electron chi connectivity index (χ4n) is 1.56. The first kappa shape index (κ1) is 13.0. The van der Waals surface area contributed by atoms with Crippen LogP contribution in [0.4, 0.5) is 0 Å². The van der Waals surface area contributed by atoms with Gasteiger partial charge < -0.3 is 0 Å². The molecular formula is C13H18O2S. The van der Waals surface area contributed by atoms with E-state index in [4.69, 9.17) is 0 Å². The van der Waals surface area contributed by atoms with Crippen LogP contribution in [-0.2, 0) is 9.84 Å². The van der Waals surface area contributed by atoms with E-state index in [0.717, 1.165) is 12.0 Å². The fourth-order valence-corrected chi connectivity index (χ4v) is 2.44. The molecule has 0 aliphatic rings. The van der Waals surface area contributed by atoms with E-state index in [-0.39, 0.29) is 5.75 Å². The summed E-state index contributed by atoms with van der Waals surface area (Å²) in [4.78, 5) is 0.407. The molecule has 0 spiro atoms. The summed E-state index contributed by atoms with van der Waals surface area (Å²) >= 11 is 0. The van der Waals surface area contributed by atoms with E-state index in [1.54, 1.807) is 19.1 Å². The molecule has 1 atom stereocenters. The van der Waals surface area contributed by atoms with Gasteiger partial charge in [-0.1, -0.05) is 32.1 Å². The Morgan fingerprint density at radius 3 is 2.31 bits per heavy atom. The molecule has 1 aromatic carbocycles. The number of benzene rings is 1. The van der Waals surface area contributed by atoms with Crippen LogP contribution in [0.2, 0.25) is 0 Å². The first-order chi connectivity index (χ1) is 7.51. The van der Waals surface area contributed by atoms with E-state index in [1.165, 1.54) is 0 Å². The summed E-state index contributed by atoms with van der Waals surface area (Å²) in [5.41, 5.74) is 1.15. The zero-order chi connectivity index (χ0) is 12.2. The molecule has 1 rings (SSSR count). The molecule has 0 aliphatic carbocycles. The lowest BCUT2D eigenvalue weighted by Crippen LogP contribution is -2.03. The second kappa shape index (κ2) is 5.30. The van der Waals surface area contributed by atoms with E-state index in [9.17, 15) is 8.42 Å². The van der Waals surface area contributed by atoms with Gasteiger partial charge in [0.05, 0.1) is 10.6 Å². The van der Waals surface area contributed by atoms with Crippen molar-refractivity contribution in [1.82, 2.24) is 0 Å². The van der Waals surface area contributed by atoms with Crippen LogP contribution < -0.4 is 0 Å². The summed E-state index contributed by atoms with van der Waals surface area (Å²) in [6, 6.07) is 7.15. The molecule has 88 valence electrons. The minimum Gasteiger partial charge on any atom is -0.224 e. The van der Waals surface area contributed by atoms with Crippen LogP contribution in [0.3, 0.4) is 0 Å². The van der Waals surface area contributed by atoms with Crippen LogP contribution in [0.1, 0.15) is 31.7 Å². The molecule has 0 aromatic heterocycles. The molecule has 0 heterocycles. The average Bonchev–Trinajstić information content (AvgIpc) is 2.29. The highest BCUT2D eigenvalue weighted by molar-refractivity contribution is 7.91. The van der Waals surface area contributed by atoms with Crippen LogP contribution in [-0.4, -0.2) is 14.2 Å². The molecule has 0 radical (unpaired) electrons. The molecule has 0 fully saturated rings. The maximum Gasteiger partial charge on any atom is 0.178 e. The van der Waals surface area contributed by atoms with Crippen molar-refractivity contribution in [2.75, 3.05) is 5.75 Å². The van der Waals surface area contributed by atoms with Crippen molar-refractivity contribution >= 4 is 9.84 Å². The molecule has 0 amide bonds. The summed E-state index contributed by atoms with van der Waals surface area (Å²) in [6.45, 7) is 7.46. The third-order valence-corrected chi connectivity index (χ3v) is 4.46. The first-order valence-electron chi connectivity index (χ1n) is 5.45. The van der Waals surface area contributed by atoms with Crippen LogP contribution in [0.5, 0.6) is 0 Å². The fraction of sp³-hybridized carbons (Fsp3) is 0.385. The second-order valence-corrected chi connectivity index (χ2v) is 6.18. The molecule has 0 bridgehead atoms. The smallest absolute Gasteiger partial charge is 0.178 e. The minimum absolute atomic E-state index is 0.147. The number of hydrogen-bond acceptors (Lipinski definition) is 2. The van der Waals surface area contributed by atoms with Crippen molar-refractivity contribution in [3.63, 3.8) is 0 Å². The Bertz CT molecular complexity index is 443. The standard InChI is InChI=1S/C13H18O2S/c1-4-6-11(3)12-7-9-13(10-8-12)16(14,15)5-2/h4,7-11H,1,5-6H2,2-3H3. The van der Waals surface area contributed by atoms with Gasteiger partial charge >= 0.3 is 0 Å². The van der Waals surface area contributed by atoms with Crippen molar-refractivity contribution in [2.24, 2.45) is 0 Å². The second-order valence-electron chi connectivity index (χ2n) is 3.90. The molecule has 3 heteroatoms. The predicted octanol–water partition coefficient (Wildman–Crippen LogP) is 3.16. The zero-order valence-corrected chi connectivity index (χ0v) is 10.6. The third-order valence-electron chi connectivity index (χ3n) is 2.71. The van der Waals surface area contributed by atoms with Crippen LogP contribution in [0.15, 0.2) is 41.8 Å². The summed E-state index contributed by atoms with van der Waals surface area (Å²) in [7, 11) is -3.07. The van der Waals surface area contributed by atoms with Gasteiger partial charge in [0.1, 0.15) is 0 Å². The molecule has 0 saturated heterocycles. The van der Waals surface area contributed by atoms with Crippen molar-refractivity contribution in [3.05, 3.63) is 42.5 Å². The predicted molar refractivity (Wildman–Crippen MR) is 67.4 cm³/mol. The van der Waals surface area contributed by atoms with Gasteiger partial charge in [0.2, 0.25) is 0 Å². The van der Waals surface area contributed by atoms with Crippen LogP contribution in [0.25, 0.3) is 0 Å². The van der Waals surface area contributed by atoms with Crippen LogP contribution in [0, 0.1) is 0 Å². The Hall–Kier alpha value is -1.09. The average molecular weight is 238 g/mol. The summed E-state index contributed by atoms with van der Waals surface area (Å²) in [5.74, 6) is 0.532. The summed E-state index contributed by atoms with van der Waals surface area (Å²) in [6.07, 6.45) is 2.78. The van der Waals surface area contributed by atoms with Crippen molar-refractivity contribution in [2.45, 2.75) is 31.1 Å². The largest absolute Gasteiger partial charge is 0.224 e. The number of hydrogen-bond donors (Lipinski definition) is 0. The lowest BCUT2D eigenvalue weighted by atomic mass is 9.98. The van der Waals surface area contributed by atoms with Gasteiger partial charge in [-0.2, -0.15) is 0 Å². The molecule has 2 nitrogen and oxygen atoms in total. The maximum atomic E-state index is 11.6. The maximum absolute atomic E-state index is 11.6. The topological polar surface area (TPSA) is 34.1 Å². The van der Waals surface area contributed by atoms with Gasteiger partial charge in [0.15, 0.2) is 9.84 Å². The molecule has 1 aromatic rings. The molecular weight excluding hydrogens is 220 g/mol. The molecule has 0 saturated carbocycles. The Morgan fingerprint density at radius 2 is 1.88 bits per heavy atom. The van der Waals surface area contributed by atoms with E-state index in [2.05, 4.69) is 13.5 Å². The SMILES string of the molecule is C=CCC(C)c1ccc(S(=O)(=O)CC)cc1. The molecule has 0 N–H and O–H groups in total. The summed E-state index contributed by atoms with van der Waals surface area (Å²) < 4.78 is 23.2. The summed E-state index contributed by atoms with van der Waals surface area (Å²) in [5, 5.41) is 0. The van der Waals surface area contributed by atoms with E-state index < -0.39 is 9.84 Å². The van der Waals surface area contributed by atoms with Crippen molar-refractivity contribution in [1.29, 1.82) is 0 Å². The van der Waals surface area contributed by atoms with Gasteiger partial charge in [0, 0.05) is 0 Å². The molecule has 0 aliphatic heterocycles. The van der Waals surface area contributed by atoms with Gasteiger partial charge in [0.25, 0.3) is 0 Å². The number of allylic oxidation sites excluding steroid dienone is 1. The van der Waals surface area contributed by atoms with E-state index in [0.29, 0.717) is 10.8 Å². The van der Waals surface area contributed by atoms with Crippen molar-refractivity contribution < 1.29 is 8.42 Å². The van der Waals surface area contributed by atoms with Crippen LogP contribution >= 0.6 is 0 Å². The van der Waals surface area contributed by atoms with Gasteiger partial charge in [-0.05, 0) is 30.0 Å². The highest BCUT2D eigenvalue weighted by Gasteiger charge is 2.11. The van der Waals surface area contributed by atoms with Gasteiger partial charge in [-0.25, -0.2) is 8.42 Å². The zero-order valence-electron chi connectivity index (χ0n) is 9.81. The lowest BCUT2D eigenvalue weighted by molar-refractivity contribution is 0.597. The third kappa shape index (κ3) is 2.95. The highest BCUT2D eigenvalue weighted by atomic mass is 32.2. The Morgan fingerprint density at radius 1 is 1.31 bits per heavy atom. The Kier molecular flexibility index (Phi) is 4.30. The molecule has 1 unspecified atom stereocenters. The highest BCUT2D eigenvalue weighted by Crippen LogP contribution is 2.21. The Labute approximate surface area is 97.9 Å². The molecule has 16 heavy (non-hydrogen) atoms. The monoisotopic (exact) mass is 238 g/mol. The van der Waals surface area contributed by atoms with Crippen molar-refractivity contribution in [3.8, 4) is 0 Å².